The van der Waals surface area contributed by atoms with Crippen molar-refractivity contribution in [3.05, 3.63) is 0 Å². The van der Waals surface area contributed by atoms with Crippen molar-refractivity contribution in [3.8, 4) is 0 Å². The Balaban J connectivity index is 4.62. The van der Waals surface area contributed by atoms with Crippen LogP contribution in [0.25, 0.3) is 0 Å². The maximum atomic E-state index is 11.9. The minimum atomic E-state index is -2.94. The third kappa shape index (κ3) is 3.57. The molecule has 0 fully saturated rings. The second-order valence-corrected chi connectivity index (χ2v) is 7.70. The van der Waals surface area contributed by atoms with Crippen molar-refractivity contribution >= 4 is 23.8 Å². The molecular weight excluding hydrogens is 209 g/mol. The van der Waals surface area contributed by atoms with Crippen LogP contribution in [-0.4, -0.2) is 25.2 Å². The first-order chi connectivity index (χ1) is 5.74. The van der Waals surface area contributed by atoms with Gasteiger partial charge < -0.3 is 5.32 Å². The van der Waals surface area contributed by atoms with Crippen LogP contribution in [-0.2, 0) is 4.57 Å². The summed E-state index contributed by atoms with van der Waals surface area (Å²) in [6, 6.07) is 0. The second kappa shape index (κ2) is 4.34. The van der Waals surface area contributed by atoms with Crippen molar-refractivity contribution in [1.82, 2.24) is 10.4 Å². The van der Waals surface area contributed by atoms with Gasteiger partial charge in [-0.25, -0.2) is 0 Å². The fraction of sp³-hybridized carbons (Fsp3) is 0.857. The Bertz CT molecular complexity index is 247. The molecule has 13 heavy (non-hydrogen) atoms. The molecule has 0 aliphatic heterocycles. The molecule has 1 atom stereocenters. The normalized spacial score (nSPS) is 17.8. The summed E-state index contributed by atoms with van der Waals surface area (Å²) in [5.41, 5.74) is 0. The largest absolute Gasteiger partial charge is 0.359 e. The quantitative estimate of drug-likeness (QED) is 0.408. The van der Waals surface area contributed by atoms with Crippen molar-refractivity contribution in [1.29, 1.82) is 0 Å². The number of aliphatic imine (C=N–C) groups is 1. The molecule has 0 amide bonds. The Kier molecular flexibility index (Phi) is 4.27. The van der Waals surface area contributed by atoms with E-state index in [0.717, 1.165) is 0 Å². The Morgan fingerprint density at radius 3 is 2.15 bits per heavy atom. The van der Waals surface area contributed by atoms with E-state index in [4.69, 9.17) is 11.2 Å². The number of hydrogen-bond acceptors (Lipinski definition) is 2. The first kappa shape index (κ1) is 12.8. The van der Waals surface area contributed by atoms with E-state index in [9.17, 15) is 4.57 Å². The minimum Gasteiger partial charge on any atom is -0.359 e. The predicted octanol–water partition coefficient (Wildman–Crippen LogP) is 2.01. The van der Waals surface area contributed by atoms with Gasteiger partial charge in [0.25, 0.3) is 6.65 Å². The van der Waals surface area contributed by atoms with Crippen LogP contribution in [0.1, 0.15) is 20.8 Å². The molecule has 2 N–H and O–H groups in total. The molecule has 0 heterocycles. The fourth-order valence-corrected chi connectivity index (χ4v) is 1.58. The van der Waals surface area contributed by atoms with Gasteiger partial charge in [-0.15, -0.1) is 0 Å². The predicted molar refractivity (Wildman–Crippen MR) is 58.8 cm³/mol. The van der Waals surface area contributed by atoms with E-state index in [-0.39, 0.29) is 0 Å². The van der Waals surface area contributed by atoms with E-state index in [1.54, 1.807) is 14.1 Å². The van der Waals surface area contributed by atoms with E-state index >= 15 is 0 Å². The maximum absolute atomic E-state index is 11.9. The first-order valence-electron chi connectivity index (χ1n) is 3.97. The van der Waals surface area contributed by atoms with Crippen LogP contribution in [0, 0.1) is 0 Å². The van der Waals surface area contributed by atoms with Crippen molar-refractivity contribution in [2.24, 2.45) is 4.99 Å². The molecule has 0 aromatic heterocycles. The van der Waals surface area contributed by atoms with E-state index in [0.29, 0.717) is 5.96 Å². The summed E-state index contributed by atoms with van der Waals surface area (Å²) in [4.78, 5) is 3.84. The molecule has 6 heteroatoms. The fourth-order valence-electron chi connectivity index (χ4n) is 0.522. The topological polar surface area (TPSA) is 53.5 Å². The van der Waals surface area contributed by atoms with Gasteiger partial charge in [-0.1, -0.05) is 20.8 Å². The molecule has 0 spiro atoms. The molecule has 0 aliphatic rings. The molecule has 0 saturated heterocycles. The van der Waals surface area contributed by atoms with Crippen molar-refractivity contribution < 1.29 is 4.57 Å². The average molecular weight is 226 g/mol. The lowest BCUT2D eigenvalue weighted by atomic mass is 10.3. The molecule has 0 aromatic rings. The van der Waals surface area contributed by atoms with Gasteiger partial charge in [0, 0.05) is 19.3 Å². The zero-order valence-electron chi connectivity index (χ0n) is 8.68. The number of rotatable bonds is 1. The Morgan fingerprint density at radius 2 is 1.92 bits per heavy atom. The highest BCUT2D eigenvalue weighted by Crippen LogP contribution is 2.58. The van der Waals surface area contributed by atoms with Gasteiger partial charge in [0.2, 0.25) is 0 Å². The summed E-state index contributed by atoms with van der Waals surface area (Å²) in [6.45, 7) is 2.51. The summed E-state index contributed by atoms with van der Waals surface area (Å²) in [5.74, 6) is 0.438. The molecule has 0 bridgehead atoms. The number of nitrogens with one attached hydrogen (secondary N) is 2. The summed E-state index contributed by atoms with van der Waals surface area (Å²) in [5, 5.41) is 4.97. The molecule has 4 nitrogen and oxygen atoms in total. The zero-order valence-corrected chi connectivity index (χ0v) is 10.3. The summed E-state index contributed by atoms with van der Waals surface area (Å²) >= 11 is 5.89. The van der Waals surface area contributed by atoms with Crippen LogP contribution < -0.4 is 10.4 Å². The average Bonchev–Trinajstić information content (AvgIpc) is 1.98. The summed E-state index contributed by atoms with van der Waals surface area (Å²) in [6.07, 6.45) is 0. The molecule has 0 saturated carbocycles. The van der Waals surface area contributed by atoms with E-state index in [1.165, 1.54) is 0 Å². The van der Waals surface area contributed by atoms with Crippen LogP contribution in [0.5, 0.6) is 0 Å². The van der Waals surface area contributed by atoms with Gasteiger partial charge in [-0.2, -0.15) is 0 Å². The van der Waals surface area contributed by atoms with Crippen LogP contribution in [0.2, 0.25) is 0 Å². The molecule has 0 aliphatic carbocycles. The van der Waals surface area contributed by atoms with Gasteiger partial charge in [0.15, 0.2) is 5.96 Å². The molecule has 0 rings (SSSR count). The van der Waals surface area contributed by atoms with Crippen molar-refractivity contribution in [3.63, 3.8) is 0 Å². The molecular formula is C7H17ClN3OP. The molecule has 0 aromatic carbocycles. The number of hydrogen-bond donors (Lipinski definition) is 2. The third-order valence-corrected chi connectivity index (χ3v) is 5.57. The lowest BCUT2D eigenvalue weighted by molar-refractivity contribution is 0.556. The van der Waals surface area contributed by atoms with Gasteiger partial charge in [0.05, 0.1) is 0 Å². The number of nitrogens with zero attached hydrogens (tertiary/aromatic N) is 1. The standard InChI is InChI=1S/C7H17ClN3OP/c1-7(2,3)13(8,12)11-6(9-4)10-5/h1-5H3,(H2,9,10,11,12). The van der Waals surface area contributed by atoms with E-state index < -0.39 is 11.8 Å². The first-order valence-corrected chi connectivity index (χ1v) is 6.58. The van der Waals surface area contributed by atoms with Gasteiger partial charge in [-0.3, -0.25) is 14.6 Å². The third-order valence-electron chi connectivity index (χ3n) is 1.57. The van der Waals surface area contributed by atoms with E-state index in [1.807, 2.05) is 20.8 Å². The Hall–Kier alpha value is -0.210. The highest BCUT2D eigenvalue weighted by molar-refractivity contribution is 7.89. The van der Waals surface area contributed by atoms with Gasteiger partial charge in [0.1, 0.15) is 0 Å². The highest BCUT2D eigenvalue weighted by Gasteiger charge is 2.35. The summed E-state index contributed by atoms with van der Waals surface area (Å²) < 4.78 is 11.9. The van der Waals surface area contributed by atoms with Gasteiger partial charge >= 0.3 is 0 Å². The van der Waals surface area contributed by atoms with Crippen LogP contribution in [0.4, 0.5) is 0 Å². The second-order valence-electron chi connectivity index (χ2n) is 3.64. The van der Waals surface area contributed by atoms with Crippen molar-refractivity contribution in [2.45, 2.75) is 25.9 Å². The van der Waals surface area contributed by atoms with Crippen molar-refractivity contribution in [2.75, 3.05) is 14.1 Å². The van der Waals surface area contributed by atoms with Crippen LogP contribution in [0.3, 0.4) is 0 Å². The highest BCUT2D eigenvalue weighted by atomic mass is 35.7. The smallest absolute Gasteiger partial charge is 0.262 e. The lowest BCUT2D eigenvalue weighted by Gasteiger charge is -2.26. The monoisotopic (exact) mass is 225 g/mol. The van der Waals surface area contributed by atoms with Crippen LogP contribution in [0.15, 0.2) is 4.99 Å². The zero-order chi connectivity index (χ0) is 10.7. The van der Waals surface area contributed by atoms with Crippen LogP contribution >= 0.6 is 17.9 Å². The molecule has 1 unspecified atom stereocenters. The Labute approximate surface area is 84.4 Å². The summed E-state index contributed by atoms with van der Waals surface area (Å²) in [7, 11) is 3.28. The molecule has 0 radical (unpaired) electrons. The Morgan fingerprint density at radius 1 is 1.46 bits per heavy atom. The van der Waals surface area contributed by atoms with Gasteiger partial charge in [-0.05, 0) is 11.2 Å². The molecule has 78 valence electrons. The number of guanidine groups is 1. The lowest BCUT2D eigenvalue weighted by Crippen LogP contribution is -2.35. The number of halogens is 1. The van der Waals surface area contributed by atoms with E-state index in [2.05, 4.69) is 15.4 Å². The SMILES string of the molecule is CN=C(NC)NP(=O)(Cl)C(C)(C)C. The minimum absolute atomic E-state index is 0.438. The maximum Gasteiger partial charge on any atom is 0.262 e.